The van der Waals surface area contributed by atoms with Crippen LogP contribution in [-0.2, 0) is 0 Å². The van der Waals surface area contributed by atoms with Crippen LogP contribution >= 0.6 is 0 Å². The number of nitrogens with one attached hydrogen (secondary N) is 1. The first-order valence-corrected chi connectivity index (χ1v) is 9.48. The molecule has 6 heteroatoms. The highest BCUT2D eigenvalue weighted by Crippen LogP contribution is 2.20. The normalized spacial score (nSPS) is 21.9. The van der Waals surface area contributed by atoms with Gasteiger partial charge in [0.25, 0.3) is 0 Å². The molecular weight excluding hydrogens is 314 g/mol. The zero-order valence-corrected chi connectivity index (χ0v) is 15.5. The SMILES string of the molecule is C[C@H](NC(=O)N1CCC(CN2CCN(C)CC2)CC1)c1ccncc1. The monoisotopic (exact) mass is 345 g/mol. The molecule has 3 heterocycles. The van der Waals surface area contributed by atoms with E-state index >= 15 is 0 Å². The highest BCUT2D eigenvalue weighted by molar-refractivity contribution is 5.74. The molecule has 0 aliphatic carbocycles. The number of likely N-dealkylation sites (N-methyl/N-ethyl adjacent to an activating group) is 1. The summed E-state index contributed by atoms with van der Waals surface area (Å²) in [6.07, 6.45) is 5.76. The maximum Gasteiger partial charge on any atom is 0.317 e. The van der Waals surface area contributed by atoms with Crippen molar-refractivity contribution < 1.29 is 4.79 Å². The van der Waals surface area contributed by atoms with E-state index in [0.29, 0.717) is 0 Å². The van der Waals surface area contributed by atoms with Gasteiger partial charge in [-0.2, -0.15) is 0 Å². The van der Waals surface area contributed by atoms with Crippen LogP contribution in [0.3, 0.4) is 0 Å². The Hall–Kier alpha value is -1.66. The Morgan fingerprint density at radius 2 is 1.80 bits per heavy atom. The van der Waals surface area contributed by atoms with E-state index in [1.807, 2.05) is 24.0 Å². The third-order valence-electron chi connectivity index (χ3n) is 5.56. The van der Waals surface area contributed by atoms with Crippen LogP contribution in [0.2, 0.25) is 0 Å². The van der Waals surface area contributed by atoms with Gasteiger partial charge in [0.15, 0.2) is 0 Å². The minimum absolute atomic E-state index is 0.0126. The number of carbonyl (C=O) groups is 1. The van der Waals surface area contributed by atoms with Crippen molar-refractivity contribution in [3.8, 4) is 0 Å². The maximum atomic E-state index is 12.5. The van der Waals surface area contributed by atoms with Crippen LogP contribution in [0.4, 0.5) is 4.79 Å². The molecule has 2 aliphatic heterocycles. The van der Waals surface area contributed by atoms with Crippen molar-refractivity contribution in [2.24, 2.45) is 5.92 Å². The van der Waals surface area contributed by atoms with Crippen LogP contribution in [0.5, 0.6) is 0 Å². The van der Waals surface area contributed by atoms with Gasteiger partial charge in [-0.15, -0.1) is 0 Å². The number of pyridine rings is 1. The lowest BCUT2D eigenvalue weighted by Crippen LogP contribution is -2.49. The molecule has 0 aromatic carbocycles. The number of likely N-dealkylation sites (tertiary alicyclic amines) is 1. The van der Waals surface area contributed by atoms with E-state index in [1.54, 1.807) is 12.4 Å². The Balaban J connectivity index is 1.40. The molecule has 1 N–H and O–H groups in total. The summed E-state index contributed by atoms with van der Waals surface area (Å²) >= 11 is 0. The standard InChI is InChI=1S/C19H31N5O/c1-16(18-3-7-20-8-4-18)21-19(25)24-9-5-17(6-10-24)15-23-13-11-22(2)12-14-23/h3-4,7-8,16-17H,5-6,9-15H2,1-2H3,(H,21,25)/t16-/m0/s1. The van der Waals surface area contributed by atoms with E-state index in [0.717, 1.165) is 37.4 Å². The van der Waals surface area contributed by atoms with Gasteiger partial charge in [0, 0.05) is 58.2 Å². The number of hydrogen-bond acceptors (Lipinski definition) is 4. The summed E-state index contributed by atoms with van der Waals surface area (Å²) in [5.41, 5.74) is 1.09. The van der Waals surface area contributed by atoms with Gasteiger partial charge in [-0.25, -0.2) is 4.79 Å². The van der Waals surface area contributed by atoms with Crippen LogP contribution in [0.25, 0.3) is 0 Å². The Bertz CT molecular complexity index is 536. The molecule has 1 aromatic rings. The first-order chi connectivity index (χ1) is 12.1. The van der Waals surface area contributed by atoms with Crippen molar-refractivity contribution in [2.45, 2.75) is 25.8 Å². The Morgan fingerprint density at radius 3 is 2.44 bits per heavy atom. The van der Waals surface area contributed by atoms with Crippen LogP contribution < -0.4 is 5.32 Å². The third-order valence-corrected chi connectivity index (χ3v) is 5.56. The Labute approximate surface area is 151 Å². The number of hydrogen-bond donors (Lipinski definition) is 1. The smallest absolute Gasteiger partial charge is 0.317 e. The van der Waals surface area contributed by atoms with Gasteiger partial charge in [0.1, 0.15) is 0 Å². The van der Waals surface area contributed by atoms with E-state index in [1.165, 1.54) is 32.7 Å². The summed E-state index contributed by atoms with van der Waals surface area (Å²) in [5.74, 6) is 0.727. The van der Waals surface area contributed by atoms with E-state index in [2.05, 4.69) is 27.1 Å². The number of piperazine rings is 1. The number of nitrogens with zero attached hydrogens (tertiary/aromatic N) is 4. The topological polar surface area (TPSA) is 51.7 Å². The maximum absolute atomic E-state index is 12.5. The van der Waals surface area contributed by atoms with Gasteiger partial charge in [-0.3, -0.25) is 4.98 Å². The quantitative estimate of drug-likeness (QED) is 0.904. The highest BCUT2D eigenvalue weighted by atomic mass is 16.2. The molecule has 0 unspecified atom stereocenters. The molecule has 1 atom stereocenters. The molecule has 0 radical (unpaired) electrons. The molecule has 2 aliphatic rings. The van der Waals surface area contributed by atoms with E-state index in [4.69, 9.17) is 0 Å². The van der Waals surface area contributed by atoms with Crippen molar-refractivity contribution in [3.63, 3.8) is 0 Å². The molecule has 3 rings (SSSR count). The minimum Gasteiger partial charge on any atom is -0.331 e. The number of aromatic nitrogens is 1. The van der Waals surface area contributed by atoms with Gasteiger partial charge in [-0.05, 0) is 50.4 Å². The molecule has 138 valence electrons. The van der Waals surface area contributed by atoms with E-state index in [-0.39, 0.29) is 12.1 Å². The minimum atomic E-state index is 0.0126. The Morgan fingerprint density at radius 1 is 1.16 bits per heavy atom. The molecule has 0 saturated carbocycles. The van der Waals surface area contributed by atoms with Gasteiger partial charge >= 0.3 is 6.03 Å². The second-order valence-corrected chi connectivity index (χ2v) is 7.49. The first kappa shape index (κ1) is 18.1. The highest BCUT2D eigenvalue weighted by Gasteiger charge is 2.26. The van der Waals surface area contributed by atoms with Crippen molar-refractivity contribution in [2.75, 3.05) is 52.9 Å². The van der Waals surface area contributed by atoms with Crippen molar-refractivity contribution in [3.05, 3.63) is 30.1 Å². The fourth-order valence-electron chi connectivity index (χ4n) is 3.73. The van der Waals surface area contributed by atoms with E-state index < -0.39 is 0 Å². The average Bonchev–Trinajstić information content (AvgIpc) is 2.65. The van der Waals surface area contributed by atoms with Crippen LogP contribution in [-0.4, -0.2) is 78.6 Å². The number of rotatable bonds is 4. The lowest BCUT2D eigenvalue weighted by atomic mass is 9.96. The van der Waals surface area contributed by atoms with Crippen molar-refractivity contribution in [1.29, 1.82) is 0 Å². The Kier molecular flexibility index (Phi) is 6.26. The van der Waals surface area contributed by atoms with Gasteiger partial charge in [0.2, 0.25) is 0 Å². The summed E-state index contributed by atoms with van der Waals surface area (Å²) < 4.78 is 0. The second kappa shape index (κ2) is 8.63. The lowest BCUT2D eigenvalue weighted by Gasteiger charge is -2.38. The van der Waals surface area contributed by atoms with E-state index in [9.17, 15) is 4.79 Å². The van der Waals surface area contributed by atoms with Crippen LogP contribution in [0.15, 0.2) is 24.5 Å². The van der Waals surface area contributed by atoms with Gasteiger partial charge in [-0.1, -0.05) is 0 Å². The molecule has 1 aromatic heterocycles. The fraction of sp³-hybridized carbons (Fsp3) is 0.684. The van der Waals surface area contributed by atoms with Crippen LogP contribution in [0.1, 0.15) is 31.4 Å². The number of urea groups is 1. The van der Waals surface area contributed by atoms with Gasteiger partial charge in [0.05, 0.1) is 6.04 Å². The fourth-order valence-corrected chi connectivity index (χ4v) is 3.73. The second-order valence-electron chi connectivity index (χ2n) is 7.49. The number of amides is 2. The summed E-state index contributed by atoms with van der Waals surface area (Å²) in [6.45, 7) is 9.66. The summed E-state index contributed by atoms with van der Waals surface area (Å²) in [6, 6.07) is 3.97. The molecule has 6 nitrogen and oxygen atoms in total. The number of piperidine rings is 1. The molecular formula is C19H31N5O. The zero-order chi connectivity index (χ0) is 17.6. The molecule has 0 bridgehead atoms. The van der Waals surface area contributed by atoms with Crippen molar-refractivity contribution >= 4 is 6.03 Å². The molecule has 2 fully saturated rings. The third kappa shape index (κ3) is 5.16. The molecule has 2 amide bonds. The average molecular weight is 345 g/mol. The predicted octanol–water partition coefficient (Wildman–Crippen LogP) is 1.81. The van der Waals surface area contributed by atoms with Crippen molar-refractivity contribution in [1.82, 2.24) is 25.0 Å². The lowest BCUT2D eigenvalue weighted by molar-refractivity contribution is 0.110. The summed E-state index contributed by atoms with van der Waals surface area (Å²) in [7, 11) is 2.20. The summed E-state index contributed by atoms with van der Waals surface area (Å²) in [5, 5.41) is 3.11. The van der Waals surface area contributed by atoms with Crippen LogP contribution in [0, 0.1) is 5.92 Å². The molecule has 2 saturated heterocycles. The first-order valence-electron chi connectivity index (χ1n) is 9.48. The van der Waals surface area contributed by atoms with Gasteiger partial charge < -0.3 is 20.0 Å². The predicted molar refractivity (Wildman–Crippen MR) is 99.4 cm³/mol. The molecule has 0 spiro atoms. The largest absolute Gasteiger partial charge is 0.331 e. The zero-order valence-electron chi connectivity index (χ0n) is 15.5. The summed E-state index contributed by atoms with van der Waals surface area (Å²) in [4.78, 5) is 23.5. The number of carbonyl (C=O) groups excluding carboxylic acids is 1. The molecule has 25 heavy (non-hydrogen) atoms.